The molecule has 20 heavy (non-hydrogen) atoms. The van der Waals surface area contributed by atoms with E-state index in [-0.39, 0.29) is 0 Å². The van der Waals surface area contributed by atoms with E-state index in [0.29, 0.717) is 35.6 Å². The van der Waals surface area contributed by atoms with Gasteiger partial charge in [0.05, 0.1) is 31.5 Å². The molecule has 0 unspecified atom stereocenters. The van der Waals surface area contributed by atoms with Crippen molar-refractivity contribution in [2.45, 2.75) is 0 Å². The van der Waals surface area contributed by atoms with Gasteiger partial charge in [0.15, 0.2) is 0 Å². The van der Waals surface area contributed by atoms with E-state index in [1.165, 1.54) is 0 Å². The Bertz CT molecular complexity index is 411. The SMILES string of the molecule is Clc1ccc(Cl)c(OCCOCCN2CCOCC2)c1. The molecular weight excluding hydrogens is 301 g/mol. The maximum absolute atomic E-state index is 5.99. The van der Waals surface area contributed by atoms with E-state index in [0.717, 1.165) is 32.8 Å². The van der Waals surface area contributed by atoms with E-state index < -0.39 is 0 Å². The molecule has 1 aromatic rings. The van der Waals surface area contributed by atoms with Crippen LogP contribution < -0.4 is 4.74 Å². The van der Waals surface area contributed by atoms with E-state index in [2.05, 4.69) is 4.90 Å². The van der Waals surface area contributed by atoms with Gasteiger partial charge >= 0.3 is 0 Å². The molecule has 1 aliphatic heterocycles. The Morgan fingerprint density at radius 2 is 1.90 bits per heavy atom. The summed E-state index contributed by atoms with van der Waals surface area (Å²) in [4.78, 5) is 2.33. The van der Waals surface area contributed by atoms with Crippen molar-refractivity contribution in [3.63, 3.8) is 0 Å². The van der Waals surface area contributed by atoms with Crippen molar-refractivity contribution in [2.24, 2.45) is 0 Å². The van der Waals surface area contributed by atoms with E-state index in [4.69, 9.17) is 37.4 Å². The standard InChI is InChI=1S/C14H19Cl2NO3/c15-12-1-2-13(16)14(11-12)20-10-9-19-8-5-17-3-6-18-7-4-17/h1-2,11H,3-10H2. The first-order valence-corrected chi connectivity index (χ1v) is 7.47. The zero-order valence-corrected chi connectivity index (χ0v) is 12.8. The Morgan fingerprint density at radius 3 is 2.70 bits per heavy atom. The maximum Gasteiger partial charge on any atom is 0.139 e. The third-order valence-corrected chi connectivity index (χ3v) is 3.58. The van der Waals surface area contributed by atoms with E-state index in [1.807, 2.05) is 0 Å². The molecule has 0 saturated carbocycles. The van der Waals surface area contributed by atoms with Crippen LogP contribution in [0.15, 0.2) is 18.2 Å². The van der Waals surface area contributed by atoms with Gasteiger partial charge in [-0.2, -0.15) is 0 Å². The van der Waals surface area contributed by atoms with Crippen molar-refractivity contribution in [1.29, 1.82) is 0 Å². The first-order valence-electron chi connectivity index (χ1n) is 6.71. The Hall–Kier alpha value is -0.520. The summed E-state index contributed by atoms with van der Waals surface area (Å²) in [5.74, 6) is 0.593. The first kappa shape index (κ1) is 15.9. The van der Waals surface area contributed by atoms with Crippen molar-refractivity contribution in [3.05, 3.63) is 28.2 Å². The van der Waals surface area contributed by atoms with Crippen LogP contribution in [-0.4, -0.2) is 57.6 Å². The van der Waals surface area contributed by atoms with Gasteiger partial charge in [0.1, 0.15) is 12.4 Å². The lowest BCUT2D eigenvalue weighted by Crippen LogP contribution is -2.38. The molecule has 0 N–H and O–H groups in total. The van der Waals surface area contributed by atoms with E-state index in [9.17, 15) is 0 Å². The maximum atomic E-state index is 5.99. The fraction of sp³-hybridized carbons (Fsp3) is 0.571. The number of rotatable bonds is 7. The van der Waals surface area contributed by atoms with Crippen molar-refractivity contribution >= 4 is 23.2 Å². The molecule has 1 aromatic carbocycles. The predicted molar refractivity (Wildman–Crippen MR) is 80.0 cm³/mol. The highest BCUT2D eigenvalue weighted by atomic mass is 35.5. The van der Waals surface area contributed by atoms with Crippen LogP contribution in [0.25, 0.3) is 0 Å². The van der Waals surface area contributed by atoms with Crippen LogP contribution in [0.2, 0.25) is 10.0 Å². The Balaban J connectivity index is 1.56. The number of hydrogen-bond donors (Lipinski definition) is 0. The highest BCUT2D eigenvalue weighted by Gasteiger charge is 2.09. The number of benzene rings is 1. The second-order valence-corrected chi connectivity index (χ2v) is 5.33. The monoisotopic (exact) mass is 319 g/mol. The minimum Gasteiger partial charge on any atom is -0.490 e. The molecule has 6 heteroatoms. The number of halogens is 2. The molecule has 1 fully saturated rings. The van der Waals surface area contributed by atoms with Gasteiger partial charge in [-0.05, 0) is 12.1 Å². The molecule has 2 rings (SSSR count). The van der Waals surface area contributed by atoms with Crippen LogP contribution in [-0.2, 0) is 9.47 Å². The molecular formula is C14H19Cl2NO3. The molecule has 1 saturated heterocycles. The quantitative estimate of drug-likeness (QED) is 0.723. The summed E-state index contributed by atoms with van der Waals surface area (Å²) in [6.07, 6.45) is 0. The number of morpholine rings is 1. The highest BCUT2D eigenvalue weighted by molar-refractivity contribution is 6.34. The van der Waals surface area contributed by atoms with Crippen LogP contribution in [0.1, 0.15) is 0 Å². The minimum absolute atomic E-state index is 0.461. The molecule has 0 atom stereocenters. The lowest BCUT2D eigenvalue weighted by atomic mass is 10.3. The molecule has 1 aliphatic rings. The molecule has 112 valence electrons. The van der Waals surface area contributed by atoms with Crippen LogP contribution in [0.4, 0.5) is 0 Å². The summed E-state index contributed by atoms with van der Waals surface area (Å²) in [6.45, 7) is 6.23. The lowest BCUT2D eigenvalue weighted by Gasteiger charge is -2.26. The van der Waals surface area contributed by atoms with Gasteiger partial charge in [-0.25, -0.2) is 0 Å². The van der Waals surface area contributed by atoms with Crippen LogP contribution >= 0.6 is 23.2 Å². The Morgan fingerprint density at radius 1 is 1.10 bits per heavy atom. The third kappa shape index (κ3) is 5.46. The third-order valence-electron chi connectivity index (χ3n) is 3.03. The summed E-state index contributed by atoms with van der Waals surface area (Å²) in [5.41, 5.74) is 0. The smallest absolute Gasteiger partial charge is 0.139 e. The largest absolute Gasteiger partial charge is 0.490 e. The minimum atomic E-state index is 0.461. The summed E-state index contributed by atoms with van der Waals surface area (Å²) >= 11 is 11.9. The highest BCUT2D eigenvalue weighted by Crippen LogP contribution is 2.27. The average Bonchev–Trinajstić information content (AvgIpc) is 2.47. The summed E-state index contributed by atoms with van der Waals surface area (Å²) in [6, 6.07) is 5.16. The first-order chi connectivity index (χ1) is 9.75. The van der Waals surface area contributed by atoms with Gasteiger partial charge < -0.3 is 14.2 Å². The van der Waals surface area contributed by atoms with Crippen LogP contribution in [0, 0.1) is 0 Å². The van der Waals surface area contributed by atoms with Gasteiger partial charge in [0.2, 0.25) is 0 Å². The molecule has 0 bridgehead atoms. The Labute approximate surface area is 129 Å². The normalized spacial score (nSPS) is 16.3. The summed E-state index contributed by atoms with van der Waals surface area (Å²) < 4.78 is 16.4. The molecule has 1 heterocycles. The van der Waals surface area contributed by atoms with Crippen LogP contribution in [0.5, 0.6) is 5.75 Å². The molecule has 0 aliphatic carbocycles. The zero-order valence-electron chi connectivity index (χ0n) is 11.3. The predicted octanol–water partition coefficient (Wildman–Crippen LogP) is 2.72. The average molecular weight is 320 g/mol. The van der Waals surface area contributed by atoms with Gasteiger partial charge in [-0.1, -0.05) is 23.2 Å². The zero-order chi connectivity index (χ0) is 14.2. The van der Waals surface area contributed by atoms with Crippen LogP contribution in [0.3, 0.4) is 0 Å². The second-order valence-electron chi connectivity index (χ2n) is 4.49. The van der Waals surface area contributed by atoms with E-state index in [1.54, 1.807) is 18.2 Å². The fourth-order valence-electron chi connectivity index (χ4n) is 1.92. The molecule has 0 radical (unpaired) electrons. The van der Waals surface area contributed by atoms with Crippen molar-refractivity contribution in [1.82, 2.24) is 4.90 Å². The van der Waals surface area contributed by atoms with E-state index >= 15 is 0 Å². The second kappa shape index (κ2) is 8.70. The molecule has 0 spiro atoms. The van der Waals surface area contributed by atoms with Crippen molar-refractivity contribution < 1.29 is 14.2 Å². The molecule has 0 amide bonds. The topological polar surface area (TPSA) is 30.9 Å². The van der Waals surface area contributed by atoms with Gasteiger partial charge in [-0.3, -0.25) is 4.90 Å². The number of hydrogen-bond acceptors (Lipinski definition) is 4. The number of ether oxygens (including phenoxy) is 3. The Kier molecular flexibility index (Phi) is 6.90. The fourth-order valence-corrected chi connectivity index (χ4v) is 2.25. The van der Waals surface area contributed by atoms with Gasteiger partial charge in [0, 0.05) is 30.7 Å². The van der Waals surface area contributed by atoms with Gasteiger partial charge in [0.25, 0.3) is 0 Å². The van der Waals surface area contributed by atoms with Crippen molar-refractivity contribution in [3.8, 4) is 5.75 Å². The van der Waals surface area contributed by atoms with Crippen molar-refractivity contribution in [2.75, 3.05) is 52.7 Å². The van der Waals surface area contributed by atoms with Gasteiger partial charge in [-0.15, -0.1) is 0 Å². The molecule has 4 nitrogen and oxygen atoms in total. The summed E-state index contributed by atoms with van der Waals surface area (Å²) in [7, 11) is 0. The lowest BCUT2D eigenvalue weighted by molar-refractivity contribution is 0.0170. The number of nitrogens with zero attached hydrogens (tertiary/aromatic N) is 1. The molecule has 0 aromatic heterocycles. The summed E-state index contributed by atoms with van der Waals surface area (Å²) in [5, 5.41) is 1.17.